The van der Waals surface area contributed by atoms with E-state index in [0.717, 1.165) is 6.07 Å². The summed E-state index contributed by atoms with van der Waals surface area (Å²) in [6.45, 7) is 0. The van der Waals surface area contributed by atoms with E-state index in [1.807, 2.05) is 0 Å². The van der Waals surface area contributed by atoms with Gasteiger partial charge in [-0.25, -0.2) is 4.98 Å². The van der Waals surface area contributed by atoms with Crippen LogP contribution < -0.4 is 0 Å². The van der Waals surface area contributed by atoms with Gasteiger partial charge >= 0.3 is 6.18 Å². The van der Waals surface area contributed by atoms with Gasteiger partial charge in [-0.3, -0.25) is 0 Å². The number of hydrogen-bond acceptors (Lipinski definition) is 1. The molecule has 0 atom stereocenters. The fourth-order valence-electron chi connectivity index (χ4n) is 1.61. The molecule has 0 spiro atoms. The Hall–Kier alpha value is -0.680. The van der Waals surface area contributed by atoms with Gasteiger partial charge in [-0.2, -0.15) is 13.2 Å². The molecule has 0 bridgehead atoms. The molecule has 0 amide bonds. The third-order valence-electron chi connectivity index (χ3n) is 2.50. The first-order chi connectivity index (χ1) is 9.21. The van der Waals surface area contributed by atoms with Crippen LogP contribution in [0.4, 0.5) is 13.2 Å². The molecule has 20 heavy (non-hydrogen) atoms. The minimum Gasteiger partial charge on any atom is -0.244 e. The SMILES string of the molecule is FC(F)(F)c1cnc(Cl)cc1-c1ccc(Cl)c(Cl)c1Cl. The number of rotatable bonds is 1. The summed E-state index contributed by atoms with van der Waals surface area (Å²) in [6.07, 6.45) is -3.95. The van der Waals surface area contributed by atoms with Crippen LogP contribution in [0.2, 0.25) is 20.2 Å². The predicted octanol–water partition coefficient (Wildman–Crippen LogP) is 6.38. The summed E-state index contributed by atoms with van der Waals surface area (Å²) < 4.78 is 39.0. The average molecular weight is 361 g/mol. The molecule has 2 rings (SSSR count). The third kappa shape index (κ3) is 2.98. The van der Waals surface area contributed by atoms with Crippen molar-refractivity contribution in [1.29, 1.82) is 0 Å². The second-order valence-electron chi connectivity index (χ2n) is 3.77. The van der Waals surface area contributed by atoms with Crippen LogP contribution in [0.5, 0.6) is 0 Å². The van der Waals surface area contributed by atoms with E-state index in [1.165, 1.54) is 12.1 Å². The summed E-state index contributed by atoms with van der Waals surface area (Å²) in [5, 5.41) is -0.0388. The molecule has 0 unspecified atom stereocenters. The maximum atomic E-state index is 13.0. The van der Waals surface area contributed by atoms with Gasteiger partial charge in [0.1, 0.15) is 5.15 Å². The van der Waals surface area contributed by atoms with E-state index < -0.39 is 11.7 Å². The first-order valence-electron chi connectivity index (χ1n) is 5.08. The molecule has 0 N–H and O–H groups in total. The van der Waals surface area contributed by atoms with Crippen LogP contribution in [0.3, 0.4) is 0 Å². The Bertz CT molecular complexity index is 670. The number of pyridine rings is 1. The van der Waals surface area contributed by atoms with E-state index in [4.69, 9.17) is 46.4 Å². The lowest BCUT2D eigenvalue weighted by atomic mass is 10.0. The zero-order chi connectivity index (χ0) is 15.1. The van der Waals surface area contributed by atoms with Crippen molar-refractivity contribution in [1.82, 2.24) is 4.98 Å². The smallest absolute Gasteiger partial charge is 0.244 e. The molecule has 0 saturated carbocycles. The fraction of sp³-hybridized carbons (Fsp3) is 0.0833. The lowest BCUT2D eigenvalue weighted by Crippen LogP contribution is -2.08. The summed E-state index contributed by atoms with van der Waals surface area (Å²) in [6, 6.07) is 3.78. The van der Waals surface area contributed by atoms with E-state index in [0.29, 0.717) is 6.20 Å². The molecular weight excluding hydrogens is 357 g/mol. The van der Waals surface area contributed by atoms with Crippen molar-refractivity contribution in [2.45, 2.75) is 6.18 Å². The Morgan fingerprint density at radius 2 is 1.55 bits per heavy atom. The number of alkyl halides is 3. The number of benzene rings is 1. The topological polar surface area (TPSA) is 12.9 Å². The highest BCUT2D eigenvalue weighted by Gasteiger charge is 2.35. The van der Waals surface area contributed by atoms with Crippen LogP contribution in [-0.4, -0.2) is 4.98 Å². The van der Waals surface area contributed by atoms with E-state index >= 15 is 0 Å². The van der Waals surface area contributed by atoms with Gasteiger partial charge < -0.3 is 0 Å². The average Bonchev–Trinajstić information content (AvgIpc) is 2.34. The minimum atomic E-state index is -4.59. The molecule has 1 aromatic heterocycles. The van der Waals surface area contributed by atoms with Crippen LogP contribution in [0.25, 0.3) is 11.1 Å². The lowest BCUT2D eigenvalue weighted by Gasteiger charge is -2.14. The second kappa shape index (κ2) is 5.60. The Kier molecular flexibility index (Phi) is 4.40. The van der Waals surface area contributed by atoms with Crippen molar-refractivity contribution < 1.29 is 13.2 Å². The largest absolute Gasteiger partial charge is 0.418 e. The first kappa shape index (κ1) is 15.7. The van der Waals surface area contributed by atoms with Crippen molar-refractivity contribution in [3.63, 3.8) is 0 Å². The van der Waals surface area contributed by atoms with Crippen LogP contribution in [0.1, 0.15) is 5.56 Å². The molecule has 1 heterocycles. The monoisotopic (exact) mass is 359 g/mol. The van der Waals surface area contributed by atoms with E-state index in [-0.39, 0.29) is 31.3 Å². The van der Waals surface area contributed by atoms with Crippen LogP contribution in [0.15, 0.2) is 24.4 Å². The standard InChI is InChI=1S/C12H4Cl4F3N/c13-8-2-1-5(10(15)11(8)16)6-3-9(14)20-4-7(6)12(17,18)19/h1-4H. The van der Waals surface area contributed by atoms with E-state index in [2.05, 4.69) is 4.98 Å². The molecule has 0 aliphatic heterocycles. The highest BCUT2D eigenvalue weighted by molar-refractivity contribution is 6.49. The first-order valence-corrected chi connectivity index (χ1v) is 6.59. The molecular formula is C12H4Cl4F3N. The maximum absolute atomic E-state index is 13.0. The van der Waals surface area contributed by atoms with Gasteiger partial charge in [0.25, 0.3) is 0 Å². The Morgan fingerprint density at radius 1 is 0.900 bits per heavy atom. The second-order valence-corrected chi connectivity index (χ2v) is 5.32. The van der Waals surface area contributed by atoms with Gasteiger partial charge in [-0.15, -0.1) is 0 Å². The highest BCUT2D eigenvalue weighted by Crippen LogP contribution is 2.43. The zero-order valence-corrected chi connectivity index (χ0v) is 12.4. The summed E-state index contributed by atoms with van der Waals surface area (Å²) in [5.41, 5.74) is -1.08. The Balaban J connectivity index is 2.76. The van der Waals surface area contributed by atoms with Gasteiger partial charge in [0.15, 0.2) is 0 Å². The number of nitrogens with zero attached hydrogens (tertiary/aromatic N) is 1. The summed E-state index contributed by atoms with van der Waals surface area (Å²) in [5.74, 6) is 0. The quantitative estimate of drug-likeness (QED) is 0.424. The van der Waals surface area contributed by atoms with Crippen molar-refractivity contribution in [3.05, 3.63) is 50.2 Å². The molecule has 1 nitrogen and oxygen atoms in total. The predicted molar refractivity (Wildman–Crippen MR) is 74.7 cm³/mol. The molecule has 1 aromatic carbocycles. The molecule has 0 radical (unpaired) electrons. The van der Waals surface area contributed by atoms with Crippen molar-refractivity contribution in [2.24, 2.45) is 0 Å². The Morgan fingerprint density at radius 3 is 2.15 bits per heavy atom. The van der Waals surface area contributed by atoms with Crippen LogP contribution in [-0.2, 0) is 6.18 Å². The fourth-order valence-corrected chi connectivity index (χ4v) is 2.41. The summed E-state index contributed by atoms with van der Waals surface area (Å²) in [7, 11) is 0. The minimum absolute atomic E-state index is 0.0214. The maximum Gasteiger partial charge on any atom is 0.418 e. The molecule has 106 valence electrons. The van der Waals surface area contributed by atoms with Crippen LogP contribution in [0, 0.1) is 0 Å². The van der Waals surface area contributed by atoms with Gasteiger partial charge in [-0.05, 0) is 12.1 Å². The number of halogens is 7. The van der Waals surface area contributed by atoms with Gasteiger partial charge in [0, 0.05) is 17.3 Å². The lowest BCUT2D eigenvalue weighted by molar-refractivity contribution is -0.137. The molecule has 2 aromatic rings. The molecule has 0 fully saturated rings. The van der Waals surface area contributed by atoms with Crippen LogP contribution >= 0.6 is 46.4 Å². The van der Waals surface area contributed by atoms with Crippen molar-refractivity contribution in [2.75, 3.05) is 0 Å². The van der Waals surface area contributed by atoms with E-state index in [9.17, 15) is 13.2 Å². The van der Waals surface area contributed by atoms with Gasteiger partial charge in [0.05, 0.1) is 20.6 Å². The summed E-state index contributed by atoms with van der Waals surface area (Å²) >= 11 is 23.2. The summed E-state index contributed by atoms with van der Waals surface area (Å²) in [4.78, 5) is 3.44. The number of hydrogen-bond donors (Lipinski definition) is 0. The third-order valence-corrected chi connectivity index (χ3v) is 4.00. The zero-order valence-electron chi connectivity index (χ0n) is 9.40. The van der Waals surface area contributed by atoms with E-state index in [1.54, 1.807) is 0 Å². The van der Waals surface area contributed by atoms with Gasteiger partial charge in [-0.1, -0.05) is 52.5 Å². The van der Waals surface area contributed by atoms with Gasteiger partial charge in [0.2, 0.25) is 0 Å². The Labute approximate surface area is 132 Å². The number of aromatic nitrogens is 1. The highest BCUT2D eigenvalue weighted by atomic mass is 35.5. The van der Waals surface area contributed by atoms with Crippen molar-refractivity contribution >= 4 is 46.4 Å². The molecule has 0 aliphatic rings. The molecule has 0 saturated heterocycles. The normalized spacial score (nSPS) is 11.8. The van der Waals surface area contributed by atoms with Crippen molar-refractivity contribution in [3.8, 4) is 11.1 Å². The molecule has 8 heteroatoms. The molecule has 0 aliphatic carbocycles.